The van der Waals surface area contributed by atoms with Gasteiger partial charge < -0.3 is 14.2 Å². The topological polar surface area (TPSA) is 82.1 Å². The van der Waals surface area contributed by atoms with Gasteiger partial charge in [0.1, 0.15) is 11.8 Å². The van der Waals surface area contributed by atoms with Gasteiger partial charge in [0.2, 0.25) is 6.10 Å². The predicted molar refractivity (Wildman–Crippen MR) is 121 cm³/mol. The monoisotopic (exact) mass is 445 g/mol. The standard InChI is InChI=1S/C26H23NO6/c1-3-32-26(30)19-13-15-20(16-14-19)27-22(17-9-11-18(12-10-17)25(29)31-2)23(24(27)28)33-21-7-5-4-6-8-21/h4-16,22-23H,3H2,1-2H3/t22-,23+/m1/s1. The first-order valence-corrected chi connectivity index (χ1v) is 10.5. The summed E-state index contributed by atoms with van der Waals surface area (Å²) in [5.74, 6) is -0.469. The molecule has 168 valence electrons. The summed E-state index contributed by atoms with van der Waals surface area (Å²) >= 11 is 0. The number of carbonyl (C=O) groups is 3. The molecule has 1 fully saturated rings. The largest absolute Gasteiger partial charge is 0.478 e. The zero-order valence-electron chi connectivity index (χ0n) is 18.3. The van der Waals surface area contributed by atoms with Crippen molar-refractivity contribution in [2.45, 2.75) is 19.1 Å². The molecule has 0 radical (unpaired) electrons. The van der Waals surface area contributed by atoms with E-state index < -0.39 is 24.1 Å². The van der Waals surface area contributed by atoms with Crippen LogP contribution in [0.3, 0.4) is 0 Å². The van der Waals surface area contributed by atoms with Crippen LogP contribution in [0.25, 0.3) is 0 Å². The Morgan fingerprint density at radius 3 is 2.06 bits per heavy atom. The first-order valence-electron chi connectivity index (χ1n) is 10.5. The van der Waals surface area contributed by atoms with Crippen molar-refractivity contribution in [1.29, 1.82) is 0 Å². The molecule has 4 rings (SSSR count). The molecule has 0 unspecified atom stereocenters. The highest BCUT2D eigenvalue weighted by atomic mass is 16.5. The van der Waals surface area contributed by atoms with Crippen molar-refractivity contribution in [2.24, 2.45) is 0 Å². The molecule has 1 heterocycles. The molecule has 33 heavy (non-hydrogen) atoms. The zero-order valence-corrected chi connectivity index (χ0v) is 18.3. The highest BCUT2D eigenvalue weighted by Crippen LogP contribution is 2.41. The fourth-order valence-electron chi connectivity index (χ4n) is 3.74. The van der Waals surface area contributed by atoms with Crippen LogP contribution in [-0.4, -0.2) is 37.7 Å². The average Bonchev–Trinajstić information content (AvgIpc) is 2.86. The van der Waals surface area contributed by atoms with Crippen LogP contribution in [0, 0.1) is 0 Å². The number of esters is 2. The van der Waals surface area contributed by atoms with Gasteiger partial charge in [0.15, 0.2) is 0 Å². The molecule has 0 saturated carbocycles. The van der Waals surface area contributed by atoms with Crippen molar-refractivity contribution in [2.75, 3.05) is 18.6 Å². The molecule has 0 aromatic heterocycles. The number of para-hydroxylation sites is 1. The summed E-state index contributed by atoms with van der Waals surface area (Å²) in [4.78, 5) is 38.5. The third kappa shape index (κ3) is 4.43. The lowest BCUT2D eigenvalue weighted by Crippen LogP contribution is -2.61. The second-order valence-electron chi connectivity index (χ2n) is 7.39. The Balaban J connectivity index is 1.64. The van der Waals surface area contributed by atoms with Crippen LogP contribution in [0.15, 0.2) is 78.9 Å². The van der Waals surface area contributed by atoms with Crippen molar-refractivity contribution in [3.8, 4) is 5.75 Å². The smallest absolute Gasteiger partial charge is 0.338 e. The molecular weight excluding hydrogens is 422 g/mol. The summed E-state index contributed by atoms with van der Waals surface area (Å²) in [7, 11) is 1.33. The van der Waals surface area contributed by atoms with Gasteiger partial charge in [-0.25, -0.2) is 9.59 Å². The zero-order chi connectivity index (χ0) is 23.4. The number of nitrogens with zero attached hydrogens (tertiary/aromatic N) is 1. The third-order valence-corrected chi connectivity index (χ3v) is 5.38. The van der Waals surface area contributed by atoms with E-state index in [1.165, 1.54) is 7.11 Å². The molecule has 7 heteroatoms. The lowest BCUT2D eigenvalue weighted by molar-refractivity contribution is -0.135. The molecule has 3 aromatic rings. The molecule has 0 bridgehead atoms. The van der Waals surface area contributed by atoms with Crippen molar-refractivity contribution in [3.63, 3.8) is 0 Å². The van der Waals surface area contributed by atoms with Crippen LogP contribution >= 0.6 is 0 Å². The number of benzene rings is 3. The molecule has 1 aliphatic heterocycles. The van der Waals surface area contributed by atoms with Crippen LogP contribution in [0.5, 0.6) is 5.75 Å². The van der Waals surface area contributed by atoms with E-state index >= 15 is 0 Å². The van der Waals surface area contributed by atoms with E-state index in [1.807, 2.05) is 18.2 Å². The number of amides is 1. The first kappa shape index (κ1) is 22.1. The van der Waals surface area contributed by atoms with E-state index in [2.05, 4.69) is 0 Å². The van der Waals surface area contributed by atoms with Crippen molar-refractivity contribution >= 4 is 23.5 Å². The number of hydrogen-bond donors (Lipinski definition) is 0. The number of anilines is 1. The Morgan fingerprint density at radius 2 is 1.45 bits per heavy atom. The van der Waals surface area contributed by atoms with Gasteiger partial charge in [0.05, 0.1) is 24.8 Å². The second kappa shape index (κ2) is 9.56. The SMILES string of the molecule is CCOC(=O)c1ccc(N2C(=O)[C@@H](Oc3ccccc3)[C@H]2c2ccc(C(=O)OC)cc2)cc1. The molecule has 0 spiro atoms. The van der Waals surface area contributed by atoms with Gasteiger partial charge in [0.25, 0.3) is 5.91 Å². The van der Waals surface area contributed by atoms with E-state index in [4.69, 9.17) is 14.2 Å². The molecule has 1 amide bonds. The number of β-lactam (4-membered cyclic amide) rings is 1. The number of carbonyl (C=O) groups excluding carboxylic acids is 3. The van der Waals surface area contributed by atoms with E-state index in [1.54, 1.807) is 72.5 Å². The molecule has 3 aromatic carbocycles. The van der Waals surface area contributed by atoms with Gasteiger partial charge in [-0.2, -0.15) is 0 Å². The van der Waals surface area contributed by atoms with Crippen LogP contribution in [-0.2, 0) is 14.3 Å². The van der Waals surface area contributed by atoms with E-state index in [9.17, 15) is 14.4 Å². The highest BCUT2D eigenvalue weighted by molar-refractivity contribution is 6.05. The summed E-state index contributed by atoms with van der Waals surface area (Å²) in [5, 5.41) is 0. The maximum Gasteiger partial charge on any atom is 0.338 e. The summed E-state index contributed by atoms with van der Waals surface area (Å²) < 4.78 is 15.8. The molecular formula is C26H23NO6. The average molecular weight is 445 g/mol. The minimum Gasteiger partial charge on any atom is -0.478 e. The summed E-state index contributed by atoms with van der Waals surface area (Å²) in [6, 6.07) is 22.3. The van der Waals surface area contributed by atoms with Gasteiger partial charge >= 0.3 is 11.9 Å². The van der Waals surface area contributed by atoms with Gasteiger partial charge in [0, 0.05) is 5.69 Å². The lowest BCUT2D eigenvalue weighted by atomic mass is 9.89. The van der Waals surface area contributed by atoms with E-state index in [-0.39, 0.29) is 12.5 Å². The van der Waals surface area contributed by atoms with Crippen molar-refractivity contribution in [1.82, 2.24) is 0 Å². The molecule has 1 aliphatic rings. The fourth-order valence-corrected chi connectivity index (χ4v) is 3.74. The summed E-state index contributed by atoms with van der Waals surface area (Å²) in [6.07, 6.45) is -0.735. The second-order valence-corrected chi connectivity index (χ2v) is 7.39. The quantitative estimate of drug-likeness (QED) is 0.401. The minimum atomic E-state index is -0.735. The number of methoxy groups -OCH3 is 1. The van der Waals surface area contributed by atoms with Gasteiger partial charge in [-0.3, -0.25) is 9.69 Å². The Morgan fingerprint density at radius 1 is 0.848 bits per heavy atom. The lowest BCUT2D eigenvalue weighted by Gasteiger charge is -2.46. The third-order valence-electron chi connectivity index (χ3n) is 5.38. The molecule has 0 N–H and O–H groups in total. The minimum absolute atomic E-state index is 0.204. The van der Waals surface area contributed by atoms with E-state index in [0.717, 1.165) is 5.56 Å². The fraction of sp³-hybridized carbons (Fsp3) is 0.192. The Bertz CT molecular complexity index is 1140. The van der Waals surface area contributed by atoms with Crippen LogP contribution in [0.4, 0.5) is 5.69 Å². The first-order chi connectivity index (χ1) is 16.0. The maximum atomic E-state index is 13.1. The van der Waals surface area contributed by atoms with Gasteiger partial charge in [-0.1, -0.05) is 30.3 Å². The van der Waals surface area contributed by atoms with Crippen molar-refractivity contribution < 1.29 is 28.6 Å². The molecule has 0 aliphatic carbocycles. The number of ether oxygens (including phenoxy) is 3. The number of rotatable bonds is 7. The summed E-state index contributed by atoms with van der Waals surface area (Å²) in [5.41, 5.74) is 2.25. The van der Waals surface area contributed by atoms with Gasteiger partial charge in [-0.15, -0.1) is 0 Å². The molecule has 7 nitrogen and oxygen atoms in total. The maximum absolute atomic E-state index is 13.1. The summed E-state index contributed by atoms with van der Waals surface area (Å²) in [6.45, 7) is 2.03. The van der Waals surface area contributed by atoms with Crippen molar-refractivity contribution in [3.05, 3.63) is 95.6 Å². The highest BCUT2D eigenvalue weighted by Gasteiger charge is 2.51. The Hall–Kier alpha value is -4.13. The van der Waals surface area contributed by atoms with Crippen LogP contribution in [0.1, 0.15) is 39.2 Å². The predicted octanol–water partition coefficient (Wildman–Crippen LogP) is 4.19. The number of hydrogen-bond acceptors (Lipinski definition) is 6. The Kier molecular flexibility index (Phi) is 6.40. The van der Waals surface area contributed by atoms with Crippen LogP contribution in [0.2, 0.25) is 0 Å². The molecule has 2 atom stereocenters. The Labute approximate surface area is 191 Å². The normalized spacial score (nSPS) is 17.2. The van der Waals surface area contributed by atoms with E-state index in [0.29, 0.717) is 22.6 Å². The molecule has 1 saturated heterocycles. The van der Waals surface area contributed by atoms with Gasteiger partial charge in [-0.05, 0) is 61.0 Å². The van der Waals surface area contributed by atoms with Crippen LogP contribution < -0.4 is 9.64 Å².